The summed E-state index contributed by atoms with van der Waals surface area (Å²) in [5.41, 5.74) is 0.233. The van der Waals surface area contributed by atoms with Gasteiger partial charge >= 0.3 is 0 Å². The summed E-state index contributed by atoms with van der Waals surface area (Å²) in [5, 5.41) is 20.3. The molecule has 2 unspecified atom stereocenters. The second-order valence-corrected chi connectivity index (χ2v) is 4.61. The SMILES string of the molecule is O=[N+]([O-])c1cc(F)ccc1N1CC2C(O)C2C1. The maximum Gasteiger partial charge on any atom is 0.295 e. The van der Waals surface area contributed by atoms with Gasteiger partial charge in [-0.1, -0.05) is 0 Å². The lowest BCUT2D eigenvalue weighted by Gasteiger charge is -2.20. The van der Waals surface area contributed by atoms with Crippen molar-refractivity contribution in [2.24, 2.45) is 11.8 Å². The summed E-state index contributed by atoms with van der Waals surface area (Å²) in [7, 11) is 0. The highest BCUT2D eigenvalue weighted by molar-refractivity contribution is 5.64. The Labute approximate surface area is 96.6 Å². The predicted octanol–water partition coefficient (Wildman–Crippen LogP) is 1.16. The summed E-state index contributed by atoms with van der Waals surface area (Å²) >= 11 is 0. The Hall–Kier alpha value is -1.69. The third kappa shape index (κ3) is 1.56. The van der Waals surface area contributed by atoms with Crippen LogP contribution in [0.1, 0.15) is 0 Å². The van der Waals surface area contributed by atoms with Crippen LogP contribution in [0.15, 0.2) is 18.2 Å². The van der Waals surface area contributed by atoms with Crippen molar-refractivity contribution in [3.05, 3.63) is 34.1 Å². The first-order chi connectivity index (χ1) is 8.08. The van der Waals surface area contributed by atoms with Crippen LogP contribution in [0.25, 0.3) is 0 Å². The number of hydrogen-bond donors (Lipinski definition) is 1. The van der Waals surface area contributed by atoms with E-state index in [1.165, 1.54) is 12.1 Å². The molecule has 1 aliphatic carbocycles. The molecule has 90 valence electrons. The van der Waals surface area contributed by atoms with Gasteiger partial charge in [-0.2, -0.15) is 0 Å². The van der Waals surface area contributed by atoms with Crippen LogP contribution in [0, 0.1) is 27.8 Å². The van der Waals surface area contributed by atoms with Gasteiger partial charge in [0.1, 0.15) is 11.5 Å². The zero-order valence-electron chi connectivity index (χ0n) is 8.91. The number of benzene rings is 1. The lowest BCUT2D eigenvalue weighted by molar-refractivity contribution is -0.384. The monoisotopic (exact) mass is 238 g/mol. The van der Waals surface area contributed by atoms with E-state index in [1.807, 2.05) is 4.90 Å². The van der Waals surface area contributed by atoms with Gasteiger partial charge in [-0.3, -0.25) is 10.1 Å². The number of nitrogens with zero attached hydrogens (tertiary/aromatic N) is 2. The Morgan fingerprint density at radius 3 is 2.65 bits per heavy atom. The van der Waals surface area contributed by atoms with E-state index in [1.54, 1.807) is 0 Å². The van der Waals surface area contributed by atoms with Gasteiger partial charge in [-0.15, -0.1) is 0 Å². The molecule has 1 aromatic rings. The molecule has 0 aromatic heterocycles. The number of hydrogen-bond acceptors (Lipinski definition) is 4. The van der Waals surface area contributed by atoms with Crippen molar-refractivity contribution >= 4 is 11.4 Å². The van der Waals surface area contributed by atoms with E-state index in [9.17, 15) is 19.6 Å². The molecular weight excluding hydrogens is 227 g/mol. The summed E-state index contributed by atoms with van der Waals surface area (Å²) < 4.78 is 13.0. The molecule has 3 rings (SSSR count). The number of nitro benzene ring substituents is 1. The zero-order chi connectivity index (χ0) is 12.2. The van der Waals surface area contributed by atoms with Crippen molar-refractivity contribution in [3.63, 3.8) is 0 Å². The smallest absolute Gasteiger partial charge is 0.295 e. The largest absolute Gasteiger partial charge is 0.392 e. The third-order valence-electron chi connectivity index (χ3n) is 3.62. The van der Waals surface area contributed by atoms with Gasteiger partial charge in [-0.05, 0) is 12.1 Å². The maximum atomic E-state index is 13.0. The molecule has 6 heteroatoms. The van der Waals surface area contributed by atoms with Gasteiger partial charge in [0.05, 0.1) is 17.1 Å². The first-order valence-corrected chi connectivity index (χ1v) is 5.45. The number of halogens is 1. The van der Waals surface area contributed by atoms with Crippen molar-refractivity contribution in [2.45, 2.75) is 6.10 Å². The van der Waals surface area contributed by atoms with E-state index in [0.717, 1.165) is 6.07 Å². The minimum atomic E-state index is -0.607. The van der Waals surface area contributed by atoms with E-state index in [-0.39, 0.29) is 23.6 Å². The fourth-order valence-electron chi connectivity index (χ4n) is 2.60. The first kappa shape index (κ1) is 10.5. The minimum Gasteiger partial charge on any atom is -0.392 e. The Balaban J connectivity index is 1.90. The quantitative estimate of drug-likeness (QED) is 0.620. The molecule has 2 fully saturated rings. The molecule has 17 heavy (non-hydrogen) atoms. The van der Waals surface area contributed by atoms with Crippen molar-refractivity contribution in [2.75, 3.05) is 18.0 Å². The number of fused-ring (bicyclic) bond motifs is 1. The first-order valence-electron chi connectivity index (χ1n) is 5.45. The third-order valence-corrected chi connectivity index (χ3v) is 3.62. The number of aliphatic hydroxyl groups excluding tert-OH is 1. The fourth-order valence-corrected chi connectivity index (χ4v) is 2.60. The van der Waals surface area contributed by atoms with Crippen molar-refractivity contribution in [1.29, 1.82) is 0 Å². The number of nitro groups is 1. The molecule has 2 aliphatic rings. The Morgan fingerprint density at radius 1 is 1.41 bits per heavy atom. The highest BCUT2D eigenvalue weighted by Gasteiger charge is 2.55. The van der Waals surface area contributed by atoms with Crippen LogP contribution in [-0.2, 0) is 0 Å². The number of rotatable bonds is 2. The van der Waals surface area contributed by atoms with Crippen molar-refractivity contribution < 1.29 is 14.4 Å². The molecule has 0 bridgehead atoms. The highest BCUT2D eigenvalue weighted by Crippen LogP contribution is 2.47. The zero-order valence-corrected chi connectivity index (χ0v) is 8.91. The maximum absolute atomic E-state index is 13.0. The summed E-state index contributed by atoms with van der Waals surface area (Å²) in [6, 6.07) is 3.60. The highest BCUT2D eigenvalue weighted by atomic mass is 19.1. The van der Waals surface area contributed by atoms with Crippen LogP contribution >= 0.6 is 0 Å². The predicted molar refractivity (Wildman–Crippen MR) is 58.3 cm³/mol. The van der Waals surface area contributed by atoms with Gasteiger partial charge in [0, 0.05) is 24.9 Å². The number of aliphatic hydroxyl groups is 1. The minimum absolute atomic E-state index is 0.208. The van der Waals surface area contributed by atoms with Gasteiger partial charge < -0.3 is 10.0 Å². The lowest BCUT2D eigenvalue weighted by Crippen LogP contribution is -2.25. The molecule has 0 radical (unpaired) electrons. The second kappa shape index (κ2) is 3.40. The van der Waals surface area contributed by atoms with Crippen LogP contribution in [0.2, 0.25) is 0 Å². The average Bonchev–Trinajstić information content (AvgIpc) is 2.75. The number of piperidine rings is 1. The molecule has 5 nitrogen and oxygen atoms in total. The van der Waals surface area contributed by atoms with Gasteiger partial charge in [0.15, 0.2) is 0 Å². The Morgan fingerprint density at radius 2 is 2.06 bits per heavy atom. The summed E-state index contributed by atoms with van der Waals surface area (Å²) in [5.74, 6) is -0.163. The molecule has 1 aromatic carbocycles. The van der Waals surface area contributed by atoms with Gasteiger partial charge in [-0.25, -0.2) is 4.39 Å². The fraction of sp³-hybridized carbons (Fsp3) is 0.455. The molecule has 1 heterocycles. The topological polar surface area (TPSA) is 66.6 Å². The lowest BCUT2D eigenvalue weighted by atomic mass is 10.2. The van der Waals surface area contributed by atoms with E-state index in [0.29, 0.717) is 18.8 Å². The second-order valence-electron chi connectivity index (χ2n) is 4.61. The van der Waals surface area contributed by atoms with Crippen LogP contribution in [0.3, 0.4) is 0 Å². The summed E-state index contributed by atoms with van der Waals surface area (Å²) in [6.07, 6.45) is -0.259. The van der Waals surface area contributed by atoms with Crippen LogP contribution in [0.4, 0.5) is 15.8 Å². The summed E-state index contributed by atoms with van der Waals surface area (Å²) in [4.78, 5) is 12.1. The van der Waals surface area contributed by atoms with Crippen LogP contribution in [-0.4, -0.2) is 29.2 Å². The average molecular weight is 238 g/mol. The molecule has 0 amide bonds. The molecule has 2 atom stereocenters. The molecule has 1 saturated carbocycles. The molecule has 1 aliphatic heterocycles. The van der Waals surface area contributed by atoms with Crippen LogP contribution in [0.5, 0.6) is 0 Å². The standard InChI is InChI=1S/C11H11FN2O3/c12-6-1-2-9(10(3-6)14(16)17)13-4-7-8(5-13)11(7)15/h1-3,7-8,11,15H,4-5H2. The van der Waals surface area contributed by atoms with Crippen molar-refractivity contribution in [1.82, 2.24) is 0 Å². The Bertz CT molecular complexity index is 482. The normalized spacial score (nSPS) is 30.2. The van der Waals surface area contributed by atoms with Crippen LogP contribution < -0.4 is 4.90 Å². The molecule has 0 spiro atoms. The summed E-state index contributed by atoms with van der Waals surface area (Å²) in [6.45, 7) is 1.22. The molecule has 1 saturated heterocycles. The van der Waals surface area contributed by atoms with E-state index in [4.69, 9.17) is 0 Å². The molecular formula is C11H11FN2O3. The molecule has 1 N–H and O–H groups in total. The van der Waals surface area contributed by atoms with Crippen molar-refractivity contribution in [3.8, 4) is 0 Å². The number of anilines is 1. The Kier molecular flexibility index (Phi) is 2.09. The van der Waals surface area contributed by atoms with E-state index in [2.05, 4.69) is 0 Å². The van der Waals surface area contributed by atoms with E-state index >= 15 is 0 Å². The van der Waals surface area contributed by atoms with Gasteiger partial charge in [0.2, 0.25) is 0 Å². The van der Waals surface area contributed by atoms with Gasteiger partial charge in [0.25, 0.3) is 5.69 Å². The van der Waals surface area contributed by atoms with E-state index < -0.39 is 10.7 Å².